The number of thioether (sulfide) groups is 1. The second-order valence-electron chi connectivity index (χ2n) is 9.84. The van der Waals surface area contributed by atoms with Crippen LogP contribution in [0.2, 0.25) is 0 Å². The molecule has 2 aliphatic rings. The number of fused-ring (bicyclic) bond motifs is 2. The maximum Gasteiger partial charge on any atom is 0.418 e. The molecule has 4 aromatic rings. The van der Waals surface area contributed by atoms with Gasteiger partial charge < -0.3 is 10.4 Å². The molecular formula is C29H19BrF3N3O5S2. The number of imide groups is 1. The fraction of sp³-hybridized carbons (Fsp3) is 0.172. The number of para-hydroxylation sites is 1. The first-order valence-electron chi connectivity index (χ1n) is 12.7. The molecule has 2 N–H and O–H groups in total. The number of hydrogen-bond acceptors (Lipinski definition) is 7. The van der Waals surface area contributed by atoms with Crippen molar-refractivity contribution >= 4 is 68.1 Å². The molecule has 0 radical (unpaired) electrons. The molecule has 1 fully saturated rings. The molecule has 8 nitrogen and oxygen atoms in total. The van der Waals surface area contributed by atoms with Crippen LogP contribution in [0.15, 0.2) is 87.1 Å². The average Bonchev–Trinajstić information content (AvgIpc) is 3.39. The molecule has 220 valence electrons. The number of aromatic nitrogens is 1. The van der Waals surface area contributed by atoms with Gasteiger partial charge in [0.15, 0.2) is 0 Å². The van der Waals surface area contributed by atoms with E-state index < -0.39 is 63.7 Å². The lowest BCUT2D eigenvalue weighted by atomic mass is 9.83. The van der Waals surface area contributed by atoms with E-state index in [-0.39, 0.29) is 5.75 Å². The number of rotatable bonds is 5. The van der Waals surface area contributed by atoms with E-state index in [0.717, 1.165) is 35.2 Å². The Kier molecular flexibility index (Phi) is 7.47. The van der Waals surface area contributed by atoms with Crippen LogP contribution in [0.5, 0.6) is 5.75 Å². The van der Waals surface area contributed by atoms with E-state index in [4.69, 9.17) is 0 Å². The molecule has 6 rings (SSSR count). The lowest BCUT2D eigenvalue weighted by Crippen LogP contribution is -2.33. The molecule has 2 unspecified atom stereocenters. The van der Waals surface area contributed by atoms with Crippen LogP contribution in [0.4, 0.5) is 24.5 Å². The van der Waals surface area contributed by atoms with Crippen molar-refractivity contribution in [3.63, 3.8) is 0 Å². The van der Waals surface area contributed by atoms with E-state index in [9.17, 15) is 37.5 Å². The average molecular weight is 691 g/mol. The number of phenols is 1. The van der Waals surface area contributed by atoms with Gasteiger partial charge in [-0.25, -0.2) is 4.90 Å². The Morgan fingerprint density at radius 2 is 1.70 bits per heavy atom. The summed E-state index contributed by atoms with van der Waals surface area (Å²) < 4.78 is 43.7. The fourth-order valence-electron chi connectivity index (χ4n) is 5.35. The zero-order chi connectivity index (χ0) is 30.6. The lowest BCUT2D eigenvalue weighted by molar-refractivity contribution is -0.137. The molecule has 0 saturated carbocycles. The number of thiazole rings is 1. The van der Waals surface area contributed by atoms with Crippen molar-refractivity contribution in [2.45, 2.75) is 28.9 Å². The van der Waals surface area contributed by atoms with Gasteiger partial charge in [0.2, 0.25) is 17.7 Å². The maximum atomic E-state index is 14.0. The van der Waals surface area contributed by atoms with E-state index in [0.29, 0.717) is 30.5 Å². The molecule has 0 spiro atoms. The third-order valence-electron chi connectivity index (χ3n) is 7.16. The van der Waals surface area contributed by atoms with Gasteiger partial charge in [0.05, 0.1) is 22.2 Å². The highest BCUT2D eigenvalue weighted by Gasteiger charge is 2.57. The second-order valence-corrected chi connectivity index (χ2v) is 12.9. The summed E-state index contributed by atoms with van der Waals surface area (Å²) in [6, 6.07) is 17.1. The minimum absolute atomic E-state index is 0.00773. The molecule has 3 amide bonds. The molecule has 2 aliphatic heterocycles. The summed E-state index contributed by atoms with van der Waals surface area (Å²) in [6.07, 6.45) is -4.81. The molecule has 3 heterocycles. The summed E-state index contributed by atoms with van der Waals surface area (Å²) in [4.78, 5) is 54.5. The number of amides is 3. The molecular weight excluding hydrogens is 671 g/mol. The topological polar surface area (TPSA) is 109 Å². The van der Waals surface area contributed by atoms with Gasteiger partial charge in [-0.05, 0) is 54.1 Å². The summed E-state index contributed by atoms with van der Waals surface area (Å²) in [5, 5.41) is 11.3. The van der Waals surface area contributed by atoms with E-state index in [1.54, 1.807) is 24.3 Å². The zero-order valence-electron chi connectivity index (χ0n) is 21.7. The molecule has 1 saturated heterocycles. The van der Waals surface area contributed by atoms with Crippen molar-refractivity contribution in [1.29, 1.82) is 0 Å². The molecule has 0 aliphatic carbocycles. The van der Waals surface area contributed by atoms with Gasteiger partial charge in [-0.1, -0.05) is 63.3 Å². The zero-order valence-corrected chi connectivity index (χ0v) is 24.9. The molecule has 3 atom stereocenters. The van der Waals surface area contributed by atoms with Crippen LogP contribution >= 0.6 is 39.0 Å². The van der Waals surface area contributed by atoms with E-state index in [1.165, 1.54) is 41.0 Å². The van der Waals surface area contributed by atoms with Gasteiger partial charge in [-0.15, -0.1) is 0 Å². The third-order valence-corrected chi connectivity index (χ3v) is 10.3. The van der Waals surface area contributed by atoms with E-state index in [1.807, 2.05) is 0 Å². The summed E-state index contributed by atoms with van der Waals surface area (Å²) in [5.41, 5.74) is -0.700. The standard InChI is InChI=1S/C29H19BrF3N3O5S2/c30-15-5-3-4-14(12-15)21-22-23(26(40)36(25(22)39)19-7-2-1-6-18(19)29(31,32)33)42-27-24(21)43-28(41)35(27)13-20(38)34-16-8-10-17(37)11-9-16/h1-12,21-23,37H,13H2,(H,34,38)/t21-,22?,23?/m1/s1. The van der Waals surface area contributed by atoms with Gasteiger partial charge in [-0.2, -0.15) is 13.2 Å². The van der Waals surface area contributed by atoms with Gasteiger partial charge in [-0.3, -0.25) is 23.7 Å². The van der Waals surface area contributed by atoms with Crippen molar-refractivity contribution in [2.24, 2.45) is 5.92 Å². The van der Waals surface area contributed by atoms with Crippen LogP contribution in [0.1, 0.15) is 21.9 Å². The Balaban J connectivity index is 1.43. The number of nitrogens with zero attached hydrogens (tertiary/aromatic N) is 2. The number of anilines is 2. The predicted molar refractivity (Wildman–Crippen MR) is 158 cm³/mol. The van der Waals surface area contributed by atoms with Crippen molar-refractivity contribution in [2.75, 3.05) is 10.2 Å². The van der Waals surface area contributed by atoms with E-state index >= 15 is 0 Å². The molecule has 1 aromatic heterocycles. The second kappa shape index (κ2) is 11.0. The minimum atomic E-state index is -4.81. The molecule has 0 bridgehead atoms. The monoisotopic (exact) mass is 689 g/mol. The number of phenolic OH excluding ortho intramolecular Hbond substituents is 1. The van der Waals surface area contributed by atoms with Crippen LogP contribution in [-0.2, 0) is 27.1 Å². The minimum Gasteiger partial charge on any atom is -0.508 e. The quantitative estimate of drug-likeness (QED) is 0.202. The Morgan fingerprint density at radius 1 is 0.977 bits per heavy atom. The normalized spacial score (nSPS) is 19.7. The summed E-state index contributed by atoms with van der Waals surface area (Å²) in [7, 11) is 0. The first kappa shape index (κ1) is 29.2. The number of benzene rings is 3. The highest BCUT2D eigenvalue weighted by atomic mass is 79.9. The predicted octanol–water partition coefficient (Wildman–Crippen LogP) is 5.83. The van der Waals surface area contributed by atoms with Crippen LogP contribution in [0.25, 0.3) is 0 Å². The highest BCUT2D eigenvalue weighted by molar-refractivity contribution is 9.10. The first-order valence-corrected chi connectivity index (χ1v) is 15.2. The van der Waals surface area contributed by atoms with Crippen LogP contribution in [0, 0.1) is 5.92 Å². The largest absolute Gasteiger partial charge is 0.508 e. The summed E-state index contributed by atoms with van der Waals surface area (Å²) in [5.74, 6) is -4.11. The van der Waals surface area contributed by atoms with Gasteiger partial charge in [0.1, 0.15) is 17.5 Å². The van der Waals surface area contributed by atoms with Crippen molar-refractivity contribution < 1.29 is 32.7 Å². The number of hydrogen-bond donors (Lipinski definition) is 2. The first-order chi connectivity index (χ1) is 20.4. The number of nitrogens with one attached hydrogen (secondary N) is 1. The number of carbonyl (C=O) groups is 3. The smallest absolute Gasteiger partial charge is 0.418 e. The van der Waals surface area contributed by atoms with Crippen molar-refractivity contribution in [3.8, 4) is 5.75 Å². The van der Waals surface area contributed by atoms with Crippen molar-refractivity contribution in [1.82, 2.24) is 4.57 Å². The summed E-state index contributed by atoms with van der Waals surface area (Å²) >= 11 is 5.15. The number of aromatic hydroxyl groups is 1. The Morgan fingerprint density at radius 3 is 2.40 bits per heavy atom. The van der Waals surface area contributed by atoms with Gasteiger partial charge in [0, 0.05) is 21.0 Å². The molecule has 14 heteroatoms. The Hall–Kier alpha value is -3.88. The highest BCUT2D eigenvalue weighted by Crippen LogP contribution is 2.54. The van der Waals surface area contributed by atoms with Crippen LogP contribution in [-0.4, -0.2) is 32.6 Å². The van der Waals surface area contributed by atoms with Crippen molar-refractivity contribution in [3.05, 3.63) is 103 Å². The van der Waals surface area contributed by atoms with Gasteiger partial charge in [0.25, 0.3) is 0 Å². The summed E-state index contributed by atoms with van der Waals surface area (Å²) in [6.45, 7) is -0.413. The Labute approximate surface area is 258 Å². The number of halogens is 4. The fourth-order valence-corrected chi connectivity index (χ4v) is 8.54. The van der Waals surface area contributed by atoms with Crippen LogP contribution < -0.4 is 15.1 Å². The Bertz CT molecular complexity index is 1840. The lowest BCUT2D eigenvalue weighted by Gasteiger charge is -2.30. The SMILES string of the molecule is O=C(Cn1c2c(sc1=O)[C@H](c1cccc(Br)c1)C1C(=O)N(c3ccccc3C(F)(F)F)C(=O)C1S2)Nc1ccc(O)cc1. The van der Waals surface area contributed by atoms with E-state index in [2.05, 4.69) is 21.2 Å². The number of alkyl halides is 3. The van der Waals surface area contributed by atoms with Gasteiger partial charge >= 0.3 is 11.0 Å². The van der Waals surface area contributed by atoms with Crippen LogP contribution in [0.3, 0.4) is 0 Å². The number of carbonyl (C=O) groups excluding carboxylic acids is 3. The maximum absolute atomic E-state index is 14.0. The molecule has 43 heavy (non-hydrogen) atoms. The molecule has 3 aromatic carbocycles. The third kappa shape index (κ3) is 5.27.